The van der Waals surface area contributed by atoms with Crippen LogP contribution in [0.4, 0.5) is 0 Å². The maximum atomic E-state index is 2.26. The van der Waals surface area contributed by atoms with Gasteiger partial charge in [-0.1, -0.05) is 51.1 Å². The Balaban J connectivity index is 0.000000791. The summed E-state index contributed by atoms with van der Waals surface area (Å²) in [5, 5.41) is 2.67. The number of hydrogen-bond acceptors (Lipinski definition) is 0. The molecule has 0 aliphatic rings. The van der Waals surface area contributed by atoms with E-state index in [1.165, 1.54) is 16.0 Å². The molecule has 0 fully saturated rings. The lowest BCUT2D eigenvalue weighted by atomic mass is 10.1. The zero-order chi connectivity index (χ0) is 11.0. The van der Waals surface area contributed by atoms with Crippen molar-refractivity contribution >= 4 is 12.2 Å². The minimum Gasteiger partial charge on any atom is -0.0798 e. The van der Waals surface area contributed by atoms with Crippen LogP contribution in [-0.4, -0.2) is 0 Å². The van der Waals surface area contributed by atoms with Crippen molar-refractivity contribution in [1.29, 1.82) is 0 Å². The fraction of sp³-hybridized carbons (Fsp3) is 0.429. The second-order valence-corrected chi connectivity index (χ2v) is 2.89. The van der Waals surface area contributed by atoms with Crippen LogP contribution in [0.5, 0.6) is 0 Å². The van der Waals surface area contributed by atoms with Crippen LogP contribution in [0, 0.1) is 0 Å². The lowest BCUT2D eigenvalue weighted by Crippen LogP contribution is -2.23. The molecule has 0 nitrogen and oxygen atoms in total. The van der Waals surface area contributed by atoms with E-state index in [2.05, 4.69) is 51.1 Å². The summed E-state index contributed by atoms with van der Waals surface area (Å²) >= 11 is 0. The van der Waals surface area contributed by atoms with Crippen molar-refractivity contribution in [1.82, 2.24) is 0 Å². The Morgan fingerprint density at radius 2 is 1.57 bits per heavy atom. The Hall–Kier alpha value is -1.04. The third-order valence-electron chi connectivity index (χ3n) is 2.18. The van der Waals surface area contributed by atoms with Crippen molar-refractivity contribution < 1.29 is 0 Å². The molecule has 0 N–H and O–H groups in total. The van der Waals surface area contributed by atoms with Crippen molar-refractivity contribution in [3.63, 3.8) is 0 Å². The third-order valence-corrected chi connectivity index (χ3v) is 2.18. The first-order valence-electron chi connectivity index (χ1n) is 5.53. The maximum Gasteiger partial charge on any atom is -0.0227 e. The summed E-state index contributed by atoms with van der Waals surface area (Å²) in [6.45, 7) is 10.3. The first-order chi connectivity index (χ1) is 6.81. The zero-order valence-corrected chi connectivity index (χ0v) is 10.1. The molecule has 0 bridgehead atoms. The molecule has 0 atom stereocenters. The van der Waals surface area contributed by atoms with Gasteiger partial charge in [-0.15, -0.1) is 0 Å². The summed E-state index contributed by atoms with van der Waals surface area (Å²) in [5.74, 6) is 0. The van der Waals surface area contributed by atoms with Crippen LogP contribution < -0.4 is 10.4 Å². The molecule has 0 aromatic heterocycles. The summed E-state index contributed by atoms with van der Waals surface area (Å²) in [6, 6.07) is 6.64. The molecule has 0 aliphatic heterocycles. The molecule has 1 aromatic carbocycles. The highest BCUT2D eigenvalue weighted by Gasteiger charge is 1.87. The second kappa shape index (κ2) is 7.37. The molecule has 0 spiro atoms. The molecule has 78 valence electrons. The number of aryl methyl sites for hydroxylation is 1. The van der Waals surface area contributed by atoms with Gasteiger partial charge < -0.3 is 0 Å². The molecule has 0 unspecified atom stereocenters. The lowest BCUT2D eigenvalue weighted by Gasteiger charge is -1.95. The SMILES string of the molecule is C/C=c1/ccc(CC)c/c1=C/C.CC. The minimum atomic E-state index is 1.12. The van der Waals surface area contributed by atoms with Gasteiger partial charge >= 0.3 is 0 Å². The zero-order valence-electron chi connectivity index (χ0n) is 10.1. The molecule has 0 saturated heterocycles. The molecule has 14 heavy (non-hydrogen) atoms. The molecule has 0 heterocycles. The van der Waals surface area contributed by atoms with E-state index in [-0.39, 0.29) is 0 Å². The molecular formula is C14H22. The van der Waals surface area contributed by atoms with Gasteiger partial charge in [0.2, 0.25) is 0 Å². The number of benzene rings is 1. The van der Waals surface area contributed by atoms with Crippen molar-refractivity contribution in [3.05, 3.63) is 34.2 Å². The second-order valence-electron chi connectivity index (χ2n) is 2.89. The molecule has 0 heteroatoms. The van der Waals surface area contributed by atoms with Crippen molar-refractivity contribution in [3.8, 4) is 0 Å². The van der Waals surface area contributed by atoms with E-state index in [0.717, 1.165) is 6.42 Å². The number of rotatable bonds is 1. The summed E-state index contributed by atoms with van der Waals surface area (Å²) in [6.07, 6.45) is 5.42. The Kier molecular flexibility index (Phi) is 6.82. The van der Waals surface area contributed by atoms with Crippen LogP contribution in [0.25, 0.3) is 12.2 Å². The third kappa shape index (κ3) is 3.37. The van der Waals surface area contributed by atoms with E-state index in [1.807, 2.05) is 13.8 Å². The highest BCUT2D eigenvalue weighted by atomic mass is 13.9. The molecule has 0 saturated carbocycles. The van der Waals surface area contributed by atoms with Crippen LogP contribution in [0.3, 0.4) is 0 Å². The molecule has 1 aromatic rings. The molecule has 1 rings (SSSR count). The predicted molar refractivity (Wildman–Crippen MR) is 66.7 cm³/mol. The topological polar surface area (TPSA) is 0 Å². The largest absolute Gasteiger partial charge is 0.0798 e. The summed E-state index contributed by atoms with van der Waals surface area (Å²) in [7, 11) is 0. The van der Waals surface area contributed by atoms with E-state index >= 15 is 0 Å². The Morgan fingerprint density at radius 1 is 1.00 bits per heavy atom. The average molecular weight is 190 g/mol. The van der Waals surface area contributed by atoms with E-state index in [1.54, 1.807) is 0 Å². The monoisotopic (exact) mass is 190 g/mol. The molecule has 0 aliphatic carbocycles. The van der Waals surface area contributed by atoms with E-state index in [0.29, 0.717) is 0 Å². The smallest absolute Gasteiger partial charge is 0.0227 e. The highest BCUT2D eigenvalue weighted by molar-refractivity contribution is 5.31. The fourth-order valence-electron chi connectivity index (χ4n) is 1.36. The molecule has 0 amide bonds. The molecular weight excluding hydrogens is 168 g/mol. The van der Waals surface area contributed by atoms with E-state index in [9.17, 15) is 0 Å². The van der Waals surface area contributed by atoms with Crippen molar-refractivity contribution in [2.45, 2.75) is 41.0 Å². The van der Waals surface area contributed by atoms with Gasteiger partial charge in [-0.25, -0.2) is 0 Å². The first kappa shape index (κ1) is 13.0. The van der Waals surface area contributed by atoms with Crippen molar-refractivity contribution in [2.24, 2.45) is 0 Å². The van der Waals surface area contributed by atoms with E-state index < -0.39 is 0 Å². The van der Waals surface area contributed by atoms with Gasteiger partial charge in [0.1, 0.15) is 0 Å². The standard InChI is InChI=1S/C12H16.C2H6/c1-4-10-7-8-11(5-2)12(6-3)9-10;1-2/h5-9H,4H2,1-3H3;1-2H3/b11-5-,12-6-;. The average Bonchev–Trinajstić information content (AvgIpc) is 2.30. The van der Waals surface area contributed by atoms with Gasteiger partial charge in [0.05, 0.1) is 0 Å². The maximum absolute atomic E-state index is 2.26. The van der Waals surface area contributed by atoms with Gasteiger partial charge in [0.15, 0.2) is 0 Å². The van der Waals surface area contributed by atoms with Gasteiger partial charge in [-0.05, 0) is 36.3 Å². The highest BCUT2D eigenvalue weighted by Crippen LogP contribution is 1.91. The molecule has 0 radical (unpaired) electrons. The van der Waals surface area contributed by atoms with Crippen molar-refractivity contribution in [2.75, 3.05) is 0 Å². The van der Waals surface area contributed by atoms with Crippen LogP contribution in [0.1, 0.15) is 40.2 Å². The lowest BCUT2D eigenvalue weighted by molar-refractivity contribution is 1.13. The summed E-state index contributed by atoms with van der Waals surface area (Å²) in [4.78, 5) is 0. The first-order valence-corrected chi connectivity index (χ1v) is 5.53. The van der Waals surface area contributed by atoms with Crippen LogP contribution in [-0.2, 0) is 6.42 Å². The summed E-state index contributed by atoms with van der Waals surface area (Å²) < 4.78 is 0. The normalized spacial score (nSPS) is 12.4. The minimum absolute atomic E-state index is 1.12. The van der Waals surface area contributed by atoms with Gasteiger partial charge in [0.25, 0.3) is 0 Å². The van der Waals surface area contributed by atoms with Crippen LogP contribution in [0.2, 0.25) is 0 Å². The van der Waals surface area contributed by atoms with Gasteiger partial charge in [-0.3, -0.25) is 0 Å². The van der Waals surface area contributed by atoms with Gasteiger partial charge in [0, 0.05) is 0 Å². The Bertz CT molecular complexity index is 358. The van der Waals surface area contributed by atoms with Crippen LogP contribution in [0.15, 0.2) is 18.2 Å². The van der Waals surface area contributed by atoms with Gasteiger partial charge in [-0.2, -0.15) is 0 Å². The fourth-order valence-corrected chi connectivity index (χ4v) is 1.36. The Labute approximate surface area is 88.0 Å². The quantitative estimate of drug-likeness (QED) is 0.639. The summed E-state index contributed by atoms with van der Waals surface area (Å²) in [5.41, 5.74) is 1.41. The predicted octanol–water partition coefficient (Wildman–Crippen LogP) is 2.88. The van der Waals surface area contributed by atoms with E-state index in [4.69, 9.17) is 0 Å². The number of hydrogen-bond donors (Lipinski definition) is 0. The van der Waals surface area contributed by atoms with Crippen LogP contribution >= 0.6 is 0 Å². The Morgan fingerprint density at radius 3 is 2.00 bits per heavy atom.